The SMILES string of the molecule is COC(=O)CCNC1=C(C#N)C(=O)c2cccc3c(SC4CCCCC4)ccc1c23. The molecular formula is C24H24N2O3S. The van der Waals surface area contributed by atoms with Crippen molar-refractivity contribution < 1.29 is 14.3 Å². The van der Waals surface area contributed by atoms with Crippen molar-refractivity contribution in [3.63, 3.8) is 0 Å². The number of ketones is 1. The lowest BCUT2D eigenvalue weighted by Gasteiger charge is -2.25. The molecule has 2 aromatic carbocycles. The number of nitrogens with zero attached hydrogens (tertiary/aromatic N) is 1. The number of ether oxygens (including phenoxy) is 1. The quantitative estimate of drug-likeness (QED) is 0.673. The number of rotatable bonds is 6. The molecule has 0 amide bonds. The Morgan fingerprint density at radius 1 is 1.20 bits per heavy atom. The van der Waals surface area contributed by atoms with Gasteiger partial charge in [0.25, 0.3) is 0 Å². The van der Waals surface area contributed by atoms with Crippen molar-refractivity contribution in [3.8, 4) is 6.07 Å². The van der Waals surface area contributed by atoms with Crippen LogP contribution in [0.2, 0.25) is 0 Å². The lowest BCUT2D eigenvalue weighted by molar-refractivity contribution is -0.140. The van der Waals surface area contributed by atoms with E-state index in [0.717, 1.165) is 16.3 Å². The van der Waals surface area contributed by atoms with Crippen molar-refractivity contribution >= 4 is 40.0 Å². The maximum absolute atomic E-state index is 13.1. The lowest BCUT2D eigenvalue weighted by Crippen LogP contribution is -2.24. The molecule has 30 heavy (non-hydrogen) atoms. The van der Waals surface area contributed by atoms with Crippen LogP contribution in [0.5, 0.6) is 0 Å². The number of methoxy groups -OCH3 is 1. The van der Waals surface area contributed by atoms with Gasteiger partial charge in [0.15, 0.2) is 0 Å². The number of carbonyl (C=O) groups excluding carboxylic acids is 2. The maximum atomic E-state index is 13.1. The van der Waals surface area contributed by atoms with Gasteiger partial charge in [-0.1, -0.05) is 43.5 Å². The van der Waals surface area contributed by atoms with Crippen LogP contribution in [0.25, 0.3) is 16.5 Å². The minimum atomic E-state index is -0.339. The fourth-order valence-corrected chi connectivity index (χ4v) is 5.68. The Bertz CT molecular complexity index is 1080. The zero-order valence-corrected chi connectivity index (χ0v) is 17.8. The molecule has 0 aliphatic heterocycles. The molecule has 5 nitrogen and oxygen atoms in total. The van der Waals surface area contributed by atoms with Crippen LogP contribution in [0.4, 0.5) is 0 Å². The number of nitrogens with one attached hydrogen (secondary N) is 1. The van der Waals surface area contributed by atoms with Crippen molar-refractivity contribution in [3.05, 3.63) is 47.0 Å². The summed E-state index contributed by atoms with van der Waals surface area (Å²) in [6, 6.07) is 11.9. The first-order valence-corrected chi connectivity index (χ1v) is 11.2. The highest BCUT2D eigenvalue weighted by molar-refractivity contribution is 8.00. The van der Waals surface area contributed by atoms with Crippen molar-refractivity contribution in [2.45, 2.75) is 48.7 Å². The molecular weight excluding hydrogens is 396 g/mol. The number of Topliss-reactive ketones (excluding diaryl/α,β-unsaturated/α-hetero) is 1. The Balaban J connectivity index is 1.75. The number of hydrogen-bond acceptors (Lipinski definition) is 6. The average Bonchev–Trinajstić information content (AvgIpc) is 2.78. The molecule has 0 bridgehead atoms. The molecule has 2 aliphatic rings. The third-order valence-electron chi connectivity index (χ3n) is 5.81. The van der Waals surface area contributed by atoms with Gasteiger partial charge in [0.1, 0.15) is 11.6 Å². The Morgan fingerprint density at radius 3 is 2.73 bits per heavy atom. The highest BCUT2D eigenvalue weighted by atomic mass is 32.2. The minimum Gasteiger partial charge on any atom is -0.469 e. The van der Waals surface area contributed by atoms with E-state index in [9.17, 15) is 14.9 Å². The largest absolute Gasteiger partial charge is 0.469 e. The summed E-state index contributed by atoms with van der Waals surface area (Å²) in [5.41, 5.74) is 2.01. The van der Waals surface area contributed by atoms with Crippen LogP contribution < -0.4 is 5.32 Å². The number of thioether (sulfide) groups is 1. The highest BCUT2D eigenvalue weighted by Crippen LogP contribution is 2.42. The summed E-state index contributed by atoms with van der Waals surface area (Å²) in [5.74, 6) is -0.607. The Labute approximate surface area is 180 Å². The van der Waals surface area contributed by atoms with E-state index in [1.54, 1.807) is 6.07 Å². The zero-order valence-electron chi connectivity index (χ0n) is 17.0. The van der Waals surface area contributed by atoms with Gasteiger partial charge < -0.3 is 10.1 Å². The molecule has 0 heterocycles. The predicted octanol–water partition coefficient (Wildman–Crippen LogP) is 4.85. The average molecular weight is 421 g/mol. The first-order chi connectivity index (χ1) is 14.6. The van der Waals surface area contributed by atoms with E-state index in [1.807, 2.05) is 23.9 Å². The van der Waals surface area contributed by atoms with Gasteiger partial charge in [0, 0.05) is 33.2 Å². The molecule has 0 atom stereocenters. The van der Waals surface area contributed by atoms with Gasteiger partial charge in [-0.25, -0.2) is 0 Å². The fraction of sp³-hybridized carbons (Fsp3) is 0.375. The number of nitriles is 1. The summed E-state index contributed by atoms with van der Waals surface area (Å²) in [6.45, 7) is 0.294. The number of hydrogen-bond donors (Lipinski definition) is 1. The smallest absolute Gasteiger partial charge is 0.307 e. The molecule has 1 N–H and O–H groups in total. The molecule has 0 spiro atoms. The molecule has 2 aliphatic carbocycles. The van der Waals surface area contributed by atoms with Crippen molar-refractivity contribution in [2.75, 3.05) is 13.7 Å². The van der Waals surface area contributed by atoms with E-state index in [4.69, 9.17) is 0 Å². The number of benzene rings is 2. The van der Waals surface area contributed by atoms with Crippen LogP contribution >= 0.6 is 11.8 Å². The minimum absolute atomic E-state index is 0.0903. The van der Waals surface area contributed by atoms with E-state index in [2.05, 4.69) is 28.3 Å². The first kappa shape index (κ1) is 20.5. The fourth-order valence-electron chi connectivity index (χ4n) is 4.31. The van der Waals surface area contributed by atoms with E-state index in [1.165, 1.54) is 44.1 Å². The summed E-state index contributed by atoms with van der Waals surface area (Å²) in [6.07, 6.45) is 6.49. The number of allylic oxidation sites excluding steroid dienone is 1. The predicted molar refractivity (Wildman–Crippen MR) is 118 cm³/mol. The summed E-state index contributed by atoms with van der Waals surface area (Å²) in [5, 5.41) is 15.4. The van der Waals surface area contributed by atoms with Crippen molar-refractivity contribution in [2.24, 2.45) is 0 Å². The molecule has 4 rings (SSSR count). The summed E-state index contributed by atoms with van der Waals surface area (Å²) < 4.78 is 4.69. The Hall–Kier alpha value is -2.78. The van der Waals surface area contributed by atoms with E-state index >= 15 is 0 Å². The van der Waals surface area contributed by atoms with Crippen LogP contribution in [0.15, 0.2) is 40.8 Å². The monoisotopic (exact) mass is 420 g/mol. The number of esters is 1. The molecule has 1 saturated carbocycles. The van der Waals surface area contributed by atoms with Crippen molar-refractivity contribution in [1.82, 2.24) is 5.32 Å². The second-order valence-corrected chi connectivity index (χ2v) is 9.00. The molecule has 6 heteroatoms. The van der Waals surface area contributed by atoms with Gasteiger partial charge in [-0.3, -0.25) is 9.59 Å². The standard InChI is InChI=1S/C24H24N2O3S/c1-29-21(27)12-13-26-23-17-10-11-20(30-15-6-3-2-4-7-15)16-8-5-9-18(22(16)17)24(28)19(23)14-25/h5,8-11,15,26H,2-4,6-7,12-13H2,1H3. The summed E-state index contributed by atoms with van der Waals surface area (Å²) in [7, 11) is 1.34. The van der Waals surface area contributed by atoms with Gasteiger partial charge >= 0.3 is 5.97 Å². The van der Waals surface area contributed by atoms with Crippen molar-refractivity contribution in [1.29, 1.82) is 5.26 Å². The summed E-state index contributed by atoms with van der Waals surface area (Å²) >= 11 is 1.91. The third kappa shape index (κ3) is 3.82. The highest BCUT2D eigenvalue weighted by Gasteiger charge is 2.29. The Kier molecular flexibility index (Phi) is 6.10. The maximum Gasteiger partial charge on any atom is 0.307 e. The summed E-state index contributed by atoms with van der Waals surface area (Å²) in [4.78, 5) is 25.7. The van der Waals surface area contributed by atoms with E-state index < -0.39 is 0 Å². The van der Waals surface area contributed by atoms with E-state index in [0.29, 0.717) is 23.1 Å². The van der Waals surface area contributed by atoms with Gasteiger partial charge in [0.05, 0.1) is 19.2 Å². The molecule has 0 radical (unpaired) electrons. The van der Waals surface area contributed by atoms with Crippen LogP contribution in [0.3, 0.4) is 0 Å². The van der Waals surface area contributed by atoms with Gasteiger partial charge in [0.2, 0.25) is 5.78 Å². The molecule has 0 unspecified atom stereocenters. The zero-order chi connectivity index (χ0) is 21.1. The number of carbonyl (C=O) groups is 2. The molecule has 154 valence electrons. The molecule has 2 aromatic rings. The van der Waals surface area contributed by atoms with Crippen LogP contribution in [0.1, 0.15) is 54.4 Å². The van der Waals surface area contributed by atoms with E-state index in [-0.39, 0.29) is 23.7 Å². The van der Waals surface area contributed by atoms with Gasteiger partial charge in [-0.05, 0) is 24.3 Å². The molecule has 1 fully saturated rings. The van der Waals surface area contributed by atoms with Crippen LogP contribution in [-0.4, -0.2) is 30.7 Å². The second kappa shape index (κ2) is 8.93. The third-order valence-corrected chi connectivity index (χ3v) is 7.22. The molecule has 0 aromatic heterocycles. The normalized spacial score (nSPS) is 16.5. The van der Waals surface area contributed by atoms with Gasteiger partial charge in [-0.15, -0.1) is 11.8 Å². The Morgan fingerprint density at radius 2 is 2.00 bits per heavy atom. The topological polar surface area (TPSA) is 79.2 Å². The first-order valence-electron chi connectivity index (χ1n) is 10.4. The second-order valence-electron chi connectivity index (χ2n) is 7.66. The lowest BCUT2D eigenvalue weighted by atomic mass is 9.86. The van der Waals surface area contributed by atoms with Gasteiger partial charge in [-0.2, -0.15) is 5.26 Å². The molecule has 0 saturated heterocycles. The van der Waals surface area contributed by atoms with Crippen LogP contribution in [-0.2, 0) is 9.53 Å². The van der Waals surface area contributed by atoms with Crippen LogP contribution in [0, 0.1) is 11.3 Å².